The van der Waals surface area contributed by atoms with Gasteiger partial charge in [-0.3, -0.25) is 10.1 Å². The van der Waals surface area contributed by atoms with Gasteiger partial charge in [-0.05, 0) is 30.0 Å². The standard InChI is InChI=1S/C19H27NO4S/c1-13(2)16-7-5-15(6-8-16)11-23-19(9-4-10-20-19)18(22)24-17(21)14(3)12-25/h5-8,13-14,20,25H,4,9-12H2,1-3H3/t14-,19-/m1/s1. The second-order valence-electron chi connectivity index (χ2n) is 6.83. The van der Waals surface area contributed by atoms with Crippen molar-refractivity contribution in [1.82, 2.24) is 5.32 Å². The van der Waals surface area contributed by atoms with Crippen LogP contribution in [0, 0.1) is 5.92 Å². The van der Waals surface area contributed by atoms with Crippen LogP contribution in [0.25, 0.3) is 0 Å². The Kier molecular flexibility index (Phi) is 7.04. The predicted octanol–water partition coefficient (Wildman–Crippen LogP) is 3.04. The monoisotopic (exact) mass is 365 g/mol. The third-order valence-corrected chi connectivity index (χ3v) is 4.99. The van der Waals surface area contributed by atoms with Gasteiger partial charge in [-0.15, -0.1) is 0 Å². The molecule has 25 heavy (non-hydrogen) atoms. The Balaban J connectivity index is 2.02. The summed E-state index contributed by atoms with van der Waals surface area (Å²) >= 11 is 4.06. The summed E-state index contributed by atoms with van der Waals surface area (Å²) in [7, 11) is 0. The number of hydrogen-bond donors (Lipinski definition) is 2. The summed E-state index contributed by atoms with van der Waals surface area (Å²) in [5.41, 5.74) is 0.978. The van der Waals surface area contributed by atoms with Crippen LogP contribution in [0.3, 0.4) is 0 Å². The molecule has 0 aliphatic carbocycles. The average molecular weight is 365 g/mol. The molecule has 0 unspecified atom stereocenters. The third kappa shape index (κ3) is 5.06. The van der Waals surface area contributed by atoms with E-state index >= 15 is 0 Å². The van der Waals surface area contributed by atoms with Gasteiger partial charge in [0.05, 0.1) is 12.5 Å². The van der Waals surface area contributed by atoms with E-state index in [-0.39, 0.29) is 6.61 Å². The zero-order valence-corrected chi connectivity index (χ0v) is 16.0. The summed E-state index contributed by atoms with van der Waals surface area (Å²) in [6.45, 7) is 6.88. The van der Waals surface area contributed by atoms with E-state index in [2.05, 4.69) is 43.9 Å². The van der Waals surface area contributed by atoms with Gasteiger partial charge in [-0.2, -0.15) is 12.6 Å². The molecule has 1 fully saturated rings. The lowest BCUT2D eigenvalue weighted by Gasteiger charge is -2.27. The number of rotatable bonds is 7. The first-order valence-corrected chi connectivity index (χ1v) is 9.36. The van der Waals surface area contributed by atoms with E-state index in [1.165, 1.54) is 5.56 Å². The molecule has 138 valence electrons. The van der Waals surface area contributed by atoms with Gasteiger partial charge in [0.15, 0.2) is 0 Å². The van der Waals surface area contributed by atoms with Crippen molar-refractivity contribution in [2.45, 2.75) is 51.9 Å². The number of ether oxygens (including phenoxy) is 2. The molecule has 0 bridgehead atoms. The zero-order valence-electron chi connectivity index (χ0n) is 15.1. The number of benzene rings is 1. The van der Waals surface area contributed by atoms with Crippen molar-refractivity contribution in [2.24, 2.45) is 5.92 Å². The molecule has 2 atom stereocenters. The topological polar surface area (TPSA) is 64.6 Å². The van der Waals surface area contributed by atoms with Crippen molar-refractivity contribution in [3.8, 4) is 0 Å². The van der Waals surface area contributed by atoms with Gasteiger partial charge in [-0.25, -0.2) is 4.79 Å². The minimum Gasteiger partial charge on any atom is -0.390 e. The van der Waals surface area contributed by atoms with Crippen LogP contribution < -0.4 is 5.32 Å². The highest BCUT2D eigenvalue weighted by molar-refractivity contribution is 7.80. The van der Waals surface area contributed by atoms with Gasteiger partial charge in [0.2, 0.25) is 5.72 Å². The minimum atomic E-state index is -1.25. The number of carbonyl (C=O) groups is 2. The first-order valence-electron chi connectivity index (χ1n) is 8.73. The van der Waals surface area contributed by atoms with Crippen LogP contribution in [0.5, 0.6) is 0 Å². The molecule has 1 aliphatic heterocycles. The Morgan fingerprint density at radius 1 is 1.24 bits per heavy atom. The maximum absolute atomic E-state index is 12.5. The maximum atomic E-state index is 12.5. The van der Waals surface area contributed by atoms with Gasteiger partial charge in [0, 0.05) is 12.2 Å². The normalized spacial score (nSPS) is 21.3. The van der Waals surface area contributed by atoms with Crippen LogP contribution in [0.15, 0.2) is 24.3 Å². The van der Waals surface area contributed by atoms with Gasteiger partial charge in [0.1, 0.15) is 0 Å². The summed E-state index contributed by atoms with van der Waals surface area (Å²) < 4.78 is 10.9. The van der Waals surface area contributed by atoms with Crippen LogP contribution in [0.1, 0.15) is 50.7 Å². The lowest BCUT2D eigenvalue weighted by atomic mass is 10.0. The fourth-order valence-electron chi connectivity index (χ4n) is 2.63. The van der Waals surface area contributed by atoms with Gasteiger partial charge >= 0.3 is 11.9 Å². The van der Waals surface area contributed by atoms with Crippen LogP contribution in [-0.4, -0.2) is 30.0 Å². The van der Waals surface area contributed by atoms with E-state index in [0.29, 0.717) is 24.6 Å². The molecule has 1 aromatic carbocycles. The third-order valence-electron chi connectivity index (χ3n) is 4.45. The Labute approximate surface area is 154 Å². The summed E-state index contributed by atoms with van der Waals surface area (Å²) in [6, 6.07) is 8.12. The van der Waals surface area contributed by atoms with Gasteiger partial charge in [0.25, 0.3) is 0 Å². The Bertz CT molecular complexity index is 594. The molecule has 1 saturated heterocycles. The van der Waals surface area contributed by atoms with E-state index in [0.717, 1.165) is 12.0 Å². The summed E-state index contributed by atoms with van der Waals surface area (Å²) in [6.07, 6.45) is 1.27. The SMILES string of the molecule is CC(C)c1ccc(CO[C@@]2(C(=O)OC(=O)[C@H](C)CS)CCCN2)cc1. The molecular weight excluding hydrogens is 338 g/mol. The van der Waals surface area contributed by atoms with E-state index < -0.39 is 23.6 Å². The predicted molar refractivity (Wildman–Crippen MR) is 99.4 cm³/mol. The fourth-order valence-corrected chi connectivity index (χ4v) is 2.78. The van der Waals surface area contributed by atoms with Gasteiger partial charge < -0.3 is 9.47 Å². The van der Waals surface area contributed by atoms with Crippen molar-refractivity contribution in [3.05, 3.63) is 35.4 Å². The van der Waals surface area contributed by atoms with Crippen molar-refractivity contribution in [2.75, 3.05) is 12.3 Å². The summed E-state index contributed by atoms with van der Waals surface area (Å²) in [4.78, 5) is 24.4. The highest BCUT2D eigenvalue weighted by Gasteiger charge is 2.45. The van der Waals surface area contributed by atoms with Crippen molar-refractivity contribution in [1.29, 1.82) is 0 Å². The molecular formula is C19H27NO4S. The van der Waals surface area contributed by atoms with Crippen LogP contribution in [-0.2, 0) is 25.7 Å². The minimum absolute atomic E-state index is 0.275. The fraction of sp³-hybridized carbons (Fsp3) is 0.579. The van der Waals surface area contributed by atoms with Crippen molar-refractivity contribution in [3.63, 3.8) is 0 Å². The molecule has 1 aliphatic rings. The van der Waals surface area contributed by atoms with Gasteiger partial charge in [-0.1, -0.05) is 45.0 Å². The molecule has 0 amide bonds. The lowest BCUT2D eigenvalue weighted by Crippen LogP contribution is -2.51. The van der Waals surface area contributed by atoms with Crippen molar-refractivity contribution >= 4 is 24.6 Å². The van der Waals surface area contributed by atoms with Crippen LogP contribution in [0.4, 0.5) is 0 Å². The number of nitrogens with one attached hydrogen (secondary N) is 1. The molecule has 0 radical (unpaired) electrons. The zero-order chi connectivity index (χ0) is 18.4. The highest BCUT2D eigenvalue weighted by atomic mass is 32.1. The largest absolute Gasteiger partial charge is 0.390 e. The lowest BCUT2D eigenvalue weighted by molar-refractivity contribution is -0.184. The van der Waals surface area contributed by atoms with Crippen molar-refractivity contribution < 1.29 is 19.1 Å². The smallest absolute Gasteiger partial charge is 0.361 e. The quantitative estimate of drug-likeness (QED) is 0.442. The molecule has 0 spiro atoms. The van der Waals surface area contributed by atoms with Crippen LogP contribution in [0.2, 0.25) is 0 Å². The molecule has 6 heteroatoms. The van der Waals surface area contributed by atoms with E-state index in [4.69, 9.17) is 9.47 Å². The number of carbonyl (C=O) groups excluding carboxylic acids is 2. The molecule has 5 nitrogen and oxygen atoms in total. The van der Waals surface area contributed by atoms with E-state index in [1.54, 1.807) is 6.92 Å². The maximum Gasteiger partial charge on any atom is 0.361 e. The first-order chi connectivity index (χ1) is 11.9. The number of hydrogen-bond acceptors (Lipinski definition) is 6. The number of esters is 2. The summed E-state index contributed by atoms with van der Waals surface area (Å²) in [5.74, 6) is -0.877. The van der Waals surface area contributed by atoms with E-state index in [1.807, 2.05) is 12.1 Å². The second kappa shape index (κ2) is 8.83. The second-order valence-corrected chi connectivity index (χ2v) is 7.20. The molecule has 0 aromatic heterocycles. The Morgan fingerprint density at radius 3 is 2.44 bits per heavy atom. The average Bonchev–Trinajstić information content (AvgIpc) is 3.09. The van der Waals surface area contributed by atoms with E-state index in [9.17, 15) is 9.59 Å². The molecule has 2 rings (SSSR count). The Morgan fingerprint density at radius 2 is 1.92 bits per heavy atom. The molecule has 1 N–H and O–H groups in total. The molecule has 0 saturated carbocycles. The highest BCUT2D eigenvalue weighted by Crippen LogP contribution is 2.25. The molecule has 1 aromatic rings. The Hall–Kier alpha value is -1.37. The molecule has 1 heterocycles. The summed E-state index contributed by atoms with van der Waals surface area (Å²) in [5, 5.41) is 3.06. The van der Waals surface area contributed by atoms with Crippen LogP contribution >= 0.6 is 12.6 Å². The number of thiol groups is 1. The first kappa shape index (κ1) is 19.9.